The Morgan fingerprint density at radius 2 is 2.06 bits per heavy atom. The first-order valence-corrected chi connectivity index (χ1v) is 12.1. The van der Waals surface area contributed by atoms with E-state index in [1.54, 1.807) is 32.3 Å². The van der Waals surface area contributed by atoms with E-state index in [4.69, 9.17) is 27.9 Å². The van der Waals surface area contributed by atoms with Gasteiger partial charge in [-0.25, -0.2) is 19.0 Å². The lowest BCUT2D eigenvalue weighted by Gasteiger charge is -2.43. The third kappa shape index (κ3) is 4.85. The minimum Gasteiger partial charge on any atom is -0.389 e. The van der Waals surface area contributed by atoms with Gasteiger partial charge in [0.05, 0.1) is 48.8 Å². The molecule has 2 aliphatic heterocycles. The van der Waals surface area contributed by atoms with Crippen molar-refractivity contribution in [2.24, 2.45) is 0 Å². The lowest BCUT2D eigenvalue weighted by atomic mass is 9.86. The summed E-state index contributed by atoms with van der Waals surface area (Å²) in [5, 5.41) is 19.0. The number of fused-ring (bicyclic) bond motifs is 1. The number of piperidine rings is 1. The summed E-state index contributed by atoms with van der Waals surface area (Å²) in [6, 6.07) is 3.99. The number of hydrogen-bond acceptors (Lipinski definition) is 7. The van der Waals surface area contributed by atoms with E-state index in [9.17, 15) is 5.11 Å². The van der Waals surface area contributed by atoms with E-state index in [1.807, 2.05) is 6.07 Å². The molecule has 2 saturated heterocycles. The van der Waals surface area contributed by atoms with Crippen LogP contribution in [0.5, 0.6) is 0 Å². The maximum absolute atomic E-state index is 15.2. The summed E-state index contributed by atoms with van der Waals surface area (Å²) in [4.78, 5) is 11.1. The van der Waals surface area contributed by atoms with Crippen molar-refractivity contribution in [2.75, 3.05) is 31.6 Å². The molecule has 2 aromatic heterocycles. The first kappa shape index (κ1) is 23.7. The molecule has 2 atom stereocenters. The van der Waals surface area contributed by atoms with Crippen molar-refractivity contribution in [1.29, 1.82) is 0 Å². The van der Waals surface area contributed by atoms with Gasteiger partial charge in [0, 0.05) is 29.1 Å². The van der Waals surface area contributed by atoms with Crippen molar-refractivity contribution in [3.05, 3.63) is 40.3 Å². The van der Waals surface area contributed by atoms with Crippen LogP contribution in [0.3, 0.4) is 0 Å². The van der Waals surface area contributed by atoms with Crippen molar-refractivity contribution < 1.29 is 14.2 Å². The monoisotopic (exact) mass is 508 g/mol. The Morgan fingerprint density at radius 1 is 1.26 bits per heavy atom. The van der Waals surface area contributed by atoms with Crippen LogP contribution in [-0.4, -0.2) is 73.9 Å². The largest absolute Gasteiger partial charge is 0.389 e. The van der Waals surface area contributed by atoms with E-state index in [0.29, 0.717) is 59.5 Å². The first-order chi connectivity index (χ1) is 16.2. The second-order valence-electron chi connectivity index (χ2n) is 9.67. The molecule has 2 fully saturated rings. The van der Waals surface area contributed by atoms with Gasteiger partial charge in [0.25, 0.3) is 0 Å². The van der Waals surface area contributed by atoms with Gasteiger partial charge in [-0.1, -0.05) is 23.2 Å². The number of aliphatic hydroxyl groups is 1. The minimum atomic E-state index is -1.01. The van der Waals surface area contributed by atoms with Crippen molar-refractivity contribution in [1.82, 2.24) is 24.6 Å². The number of rotatable bonds is 6. The predicted octanol–water partition coefficient (Wildman–Crippen LogP) is 4.17. The molecule has 2 aliphatic rings. The fraction of sp³-hybridized carbons (Fsp3) is 0.522. The number of benzene rings is 1. The van der Waals surface area contributed by atoms with Crippen LogP contribution >= 0.6 is 23.2 Å². The van der Waals surface area contributed by atoms with Crippen LogP contribution < -0.4 is 5.32 Å². The molecule has 0 bridgehead atoms. The molecule has 8 nitrogen and oxygen atoms in total. The highest BCUT2D eigenvalue weighted by Gasteiger charge is 2.36. The zero-order valence-electron chi connectivity index (χ0n) is 19.0. The first-order valence-electron chi connectivity index (χ1n) is 11.3. The van der Waals surface area contributed by atoms with Crippen LogP contribution in [0.25, 0.3) is 10.9 Å². The van der Waals surface area contributed by atoms with Crippen molar-refractivity contribution in [3.63, 3.8) is 0 Å². The second-order valence-corrected chi connectivity index (χ2v) is 10.4. The number of nitrogens with zero attached hydrogens (tertiary/aromatic N) is 5. The van der Waals surface area contributed by atoms with E-state index in [1.165, 1.54) is 4.68 Å². The quantitative estimate of drug-likeness (QED) is 0.516. The maximum Gasteiger partial charge on any atom is 0.227 e. The van der Waals surface area contributed by atoms with Crippen molar-refractivity contribution in [3.8, 4) is 0 Å². The summed E-state index contributed by atoms with van der Waals surface area (Å²) >= 11 is 13.0. The summed E-state index contributed by atoms with van der Waals surface area (Å²) in [7, 11) is 0. The van der Waals surface area contributed by atoms with Gasteiger partial charge in [-0.15, -0.1) is 0 Å². The molecule has 4 heterocycles. The maximum atomic E-state index is 15.2. The SMILES string of the molecule is CC(C)(O)Cn1ncc(Nc2ncc3cc(Cl)c(C4CCN(C5COC5)CC4F)cc3n2)c1Cl. The van der Waals surface area contributed by atoms with Crippen LogP contribution in [-0.2, 0) is 11.3 Å². The summed E-state index contributed by atoms with van der Waals surface area (Å²) in [5.74, 6) is 0.0529. The molecule has 0 radical (unpaired) electrons. The number of likely N-dealkylation sites (tertiary alicyclic amines) is 1. The number of hydrogen-bond donors (Lipinski definition) is 2. The predicted molar refractivity (Wildman–Crippen MR) is 130 cm³/mol. The molecule has 1 aromatic carbocycles. The summed E-state index contributed by atoms with van der Waals surface area (Å²) in [5.41, 5.74) is 0.999. The zero-order chi connectivity index (χ0) is 24.0. The van der Waals surface area contributed by atoms with E-state index < -0.39 is 11.8 Å². The summed E-state index contributed by atoms with van der Waals surface area (Å²) in [6.07, 6.45) is 2.91. The number of alkyl halides is 1. The van der Waals surface area contributed by atoms with Crippen LogP contribution in [0.1, 0.15) is 31.7 Å². The summed E-state index contributed by atoms with van der Waals surface area (Å²) in [6.45, 7) is 6.17. The Bertz CT molecular complexity index is 1200. The zero-order valence-corrected chi connectivity index (χ0v) is 20.5. The highest BCUT2D eigenvalue weighted by atomic mass is 35.5. The molecule has 11 heteroatoms. The molecule has 34 heavy (non-hydrogen) atoms. The van der Waals surface area contributed by atoms with Gasteiger partial charge in [-0.05, 0) is 44.5 Å². The third-order valence-corrected chi connectivity index (χ3v) is 7.09. The Morgan fingerprint density at radius 3 is 2.74 bits per heavy atom. The fourth-order valence-electron chi connectivity index (χ4n) is 4.51. The lowest BCUT2D eigenvalue weighted by Crippen LogP contribution is -2.54. The molecule has 182 valence electrons. The number of aromatic nitrogens is 4. The third-order valence-electron chi connectivity index (χ3n) is 6.37. The molecule has 0 spiro atoms. The Balaban J connectivity index is 1.37. The molecular formula is C23H27Cl2FN6O2. The smallest absolute Gasteiger partial charge is 0.227 e. The molecule has 2 N–H and O–H groups in total. The Kier molecular flexibility index (Phi) is 6.41. The van der Waals surface area contributed by atoms with Crippen molar-refractivity contribution in [2.45, 2.75) is 50.5 Å². The molecule has 0 amide bonds. The van der Waals surface area contributed by atoms with E-state index in [-0.39, 0.29) is 12.5 Å². The van der Waals surface area contributed by atoms with Gasteiger partial charge < -0.3 is 15.2 Å². The number of halogens is 3. The standard InChI is InChI=1S/C23H27Cl2FN6O2/c1-23(2,33)12-32-21(25)20(8-28-32)30-22-27-7-13-5-17(24)16(6-19(13)29-22)15-3-4-31(9-18(15)26)14-10-34-11-14/h5-8,14-15,18,33H,3-4,9-12H2,1-2H3,(H,27,29,30). The molecular weight excluding hydrogens is 482 g/mol. The minimum absolute atomic E-state index is 0.241. The van der Waals surface area contributed by atoms with Gasteiger partial charge in [0.15, 0.2) is 5.15 Å². The summed E-state index contributed by atoms with van der Waals surface area (Å²) < 4.78 is 21.9. The normalized spacial score (nSPS) is 22.2. The average molecular weight is 509 g/mol. The van der Waals surface area contributed by atoms with Gasteiger partial charge in [0.1, 0.15) is 6.17 Å². The highest BCUT2D eigenvalue weighted by molar-refractivity contribution is 6.32. The van der Waals surface area contributed by atoms with Crippen LogP contribution in [0.2, 0.25) is 10.2 Å². The highest BCUT2D eigenvalue weighted by Crippen LogP contribution is 2.38. The van der Waals surface area contributed by atoms with E-state index >= 15 is 4.39 Å². The average Bonchev–Trinajstić information content (AvgIpc) is 3.05. The van der Waals surface area contributed by atoms with Gasteiger partial charge >= 0.3 is 0 Å². The number of nitrogens with one attached hydrogen (secondary N) is 1. The number of anilines is 2. The molecule has 0 aliphatic carbocycles. The molecule has 5 rings (SSSR count). The molecule has 0 saturated carbocycles. The van der Waals surface area contributed by atoms with Crippen LogP contribution in [0.15, 0.2) is 24.5 Å². The van der Waals surface area contributed by atoms with Crippen LogP contribution in [0.4, 0.5) is 16.0 Å². The Labute approximate surface area is 207 Å². The van der Waals surface area contributed by atoms with E-state index in [2.05, 4.69) is 25.3 Å². The Hall–Kier alpha value is -2.04. The van der Waals surface area contributed by atoms with Gasteiger partial charge in [0.2, 0.25) is 5.95 Å². The van der Waals surface area contributed by atoms with Crippen molar-refractivity contribution >= 4 is 45.7 Å². The second kappa shape index (κ2) is 9.20. The number of ether oxygens (including phenoxy) is 1. The topological polar surface area (TPSA) is 88.3 Å². The van der Waals surface area contributed by atoms with E-state index in [0.717, 1.165) is 17.5 Å². The van der Waals surface area contributed by atoms with Gasteiger partial charge in [-0.2, -0.15) is 5.10 Å². The molecule has 2 unspecified atom stereocenters. The van der Waals surface area contributed by atoms with Gasteiger partial charge in [-0.3, -0.25) is 4.90 Å². The lowest BCUT2D eigenvalue weighted by molar-refractivity contribution is -0.0806. The fourth-order valence-corrected chi connectivity index (χ4v) is 5.02. The molecule has 3 aromatic rings. The van der Waals surface area contributed by atoms with Crippen LogP contribution in [0, 0.1) is 0 Å².